The quantitative estimate of drug-likeness (QED) is 0.606. The Hall–Kier alpha value is -2.28. The standard InChI is InChI=1S/C22H23ClN4OS/c23-18-5-3-17(4-6-18)21-20(15-24-26-21)22(28)25-19-7-1-16(2-8-19)9-10-27-11-13-29-14-12-27/h1-8,15H,9-14H2,(H,24,26)(H,25,28). The smallest absolute Gasteiger partial charge is 0.259 e. The van der Waals surface area contributed by atoms with Gasteiger partial charge >= 0.3 is 0 Å². The fourth-order valence-corrected chi connectivity index (χ4v) is 4.46. The first-order valence-electron chi connectivity index (χ1n) is 9.69. The Morgan fingerprint density at radius 2 is 1.83 bits per heavy atom. The van der Waals surface area contributed by atoms with E-state index in [1.165, 1.54) is 30.2 Å². The number of halogens is 1. The zero-order valence-corrected chi connectivity index (χ0v) is 17.6. The van der Waals surface area contributed by atoms with Crippen LogP contribution in [0.4, 0.5) is 5.69 Å². The number of aromatic amines is 1. The Balaban J connectivity index is 1.37. The molecule has 150 valence electrons. The van der Waals surface area contributed by atoms with Gasteiger partial charge in [0.1, 0.15) is 0 Å². The van der Waals surface area contributed by atoms with E-state index in [1.807, 2.05) is 36.0 Å². The number of carbonyl (C=O) groups is 1. The topological polar surface area (TPSA) is 61.0 Å². The van der Waals surface area contributed by atoms with E-state index >= 15 is 0 Å². The maximum Gasteiger partial charge on any atom is 0.259 e. The Morgan fingerprint density at radius 1 is 1.10 bits per heavy atom. The first kappa shape index (κ1) is 20.0. The Bertz CT molecular complexity index is 950. The van der Waals surface area contributed by atoms with E-state index in [1.54, 1.807) is 18.3 Å². The second-order valence-corrected chi connectivity index (χ2v) is 8.68. The van der Waals surface area contributed by atoms with E-state index < -0.39 is 0 Å². The van der Waals surface area contributed by atoms with Crippen LogP contribution >= 0.6 is 23.4 Å². The van der Waals surface area contributed by atoms with E-state index in [9.17, 15) is 4.79 Å². The van der Waals surface area contributed by atoms with Gasteiger partial charge < -0.3 is 10.2 Å². The molecule has 0 atom stereocenters. The molecular weight excluding hydrogens is 404 g/mol. The molecule has 1 aliphatic rings. The molecule has 3 aromatic rings. The van der Waals surface area contributed by atoms with Crippen molar-refractivity contribution in [3.05, 3.63) is 70.9 Å². The van der Waals surface area contributed by atoms with E-state index in [0.717, 1.165) is 24.2 Å². The first-order valence-corrected chi connectivity index (χ1v) is 11.2. The molecule has 0 spiro atoms. The molecule has 2 heterocycles. The van der Waals surface area contributed by atoms with Crippen LogP contribution in [0.25, 0.3) is 11.3 Å². The van der Waals surface area contributed by atoms with E-state index in [2.05, 4.69) is 32.5 Å². The summed E-state index contributed by atoms with van der Waals surface area (Å²) in [4.78, 5) is 15.3. The van der Waals surface area contributed by atoms with Crippen molar-refractivity contribution in [2.45, 2.75) is 6.42 Å². The largest absolute Gasteiger partial charge is 0.322 e. The van der Waals surface area contributed by atoms with Crippen LogP contribution in [0, 0.1) is 0 Å². The van der Waals surface area contributed by atoms with Crippen molar-refractivity contribution in [3.63, 3.8) is 0 Å². The zero-order valence-electron chi connectivity index (χ0n) is 16.0. The van der Waals surface area contributed by atoms with Gasteiger partial charge in [-0.15, -0.1) is 0 Å². The number of thioether (sulfide) groups is 1. The summed E-state index contributed by atoms with van der Waals surface area (Å²) in [6.07, 6.45) is 2.58. The third-order valence-corrected chi connectivity index (χ3v) is 6.24. The highest BCUT2D eigenvalue weighted by Crippen LogP contribution is 2.24. The summed E-state index contributed by atoms with van der Waals surface area (Å²) < 4.78 is 0. The number of nitrogens with one attached hydrogen (secondary N) is 2. The Morgan fingerprint density at radius 3 is 2.55 bits per heavy atom. The molecule has 0 unspecified atom stereocenters. The van der Waals surface area contributed by atoms with Gasteiger partial charge in [0.25, 0.3) is 5.91 Å². The maximum absolute atomic E-state index is 12.7. The molecule has 1 aliphatic heterocycles. The third kappa shape index (κ3) is 5.21. The van der Waals surface area contributed by atoms with Crippen LogP contribution in [0.2, 0.25) is 5.02 Å². The molecule has 0 aliphatic carbocycles. The van der Waals surface area contributed by atoms with E-state index in [-0.39, 0.29) is 5.91 Å². The highest BCUT2D eigenvalue weighted by molar-refractivity contribution is 7.99. The lowest BCUT2D eigenvalue weighted by atomic mass is 10.1. The summed E-state index contributed by atoms with van der Waals surface area (Å²) in [5.74, 6) is 2.27. The van der Waals surface area contributed by atoms with Gasteiger partial charge in [0, 0.05) is 47.4 Å². The molecule has 5 nitrogen and oxygen atoms in total. The minimum Gasteiger partial charge on any atom is -0.322 e. The first-order chi connectivity index (χ1) is 14.2. The maximum atomic E-state index is 12.7. The molecular formula is C22H23ClN4OS. The molecule has 0 radical (unpaired) electrons. The van der Waals surface area contributed by atoms with Crippen molar-refractivity contribution in [3.8, 4) is 11.3 Å². The number of H-pyrrole nitrogens is 1. The second-order valence-electron chi connectivity index (χ2n) is 7.02. The molecule has 1 fully saturated rings. The zero-order chi connectivity index (χ0) is 20.1. The monoisotopic (exact) mass is 426 g/mol. The number of aromatic nitrogens is 2. The fraction of sp³-hybridized carbons (Fsp3) is 0.273. The SMILES string of the molecule is O=C(Nc1ccc(CCN2CCSCC2)cc1)c1cn[nH]c1-c1ccc(Cl)cc1. The van der Waals surface area contributed by atoms with Gasteiger partial charge in [-0.05, 0) is 36.2 Å². The number of amides is 1. The summed E-state index contributed by atoms with van der Waals surface area (Å²) in [5, 5.41) is 10.6. The van der Waals surface area contributed by atoms with Crippen LogP contribution in [0.5, 0.6) is 0 Å². The Kier molecular flexibility index (Phi) is 6.54. The predicted octanol–water partition coefficient (Wildman–Crippen LogP) is 4.57. The molecule has 0 saturated carbocycles. The molecule has 2 N–H and O–H groups in total. The predicted molar refractivity (Wildman–Crippen MR) is 121 cm³/mol. The van der Waals surface area contributed by atoms with Gasteiger partial charge in [-0.1, -0.05) is 35.9 Å². The number of benzene rings is 2. The minimum atomic E-state index is -0.192. The van der Waals surface area contributed by atoms with Crippen molar-refractivity contribution < 1.29 is 4.79 Å². The van der Waals surface area contributed by atoms with Crippen LogP contribution in [-0.4, -0.2) is 52.1 Å². The van der Waals surface area contributed by atoms with Gasteiger partial charge in [-0.3, -0.25) is 9.89 Å². The lowest BCUT2D eigenvalue weighted by molar-refractivity contribution is 0.102. The van der Waals surface area contributed by atoms with Crippen LogP contribution in [0.3, 0.4) is 0 Å². The number of carbonyl (C=O) groups excluding carboxylic acids is 1. The van der Waals surface area contributed by atoms with Crippen molar-refractivity contribution in [2.24, 2.45) is 0 Å². The van der Waals surface area contributed by atoms with Gasteiger partial charge in [0.2, 0.25) is 0 Å². The normalized spacial score (nSPS) is 14.7. The number of rotatable bonds is 6. The molecule has 4 rings (SSSR count). The lowest BCUT2D eigenvalue weighted by Gasteiger charge is -2.26. The molecule has 1 amide bonds. The number of anilines is 1. The molecule has 1 aromatic heterocycles. The van der Waals surface area contributed by atoms with Crippen molar-refractivity contribution in [2.75, 3.05) is 36.5 Å². The average molecular weight is 427 g/mol. The summed E-state index contributed by atoms with van der Waals surface area (Å²) in [7, 11) is 0. The number of nitrogens with zero attached hydrogens (tertiary/aromatic N) is 2. The summed E-state index contributed by atoms with van der Waals surface area (Å²) in [5.41, 5.74) is 4.10. The molecule has 7 heteroatoms. The summed E-state index contributed by atoms with van der Waals surface area (Å²) in [6.45, 7) is 3.45. The van der Waals surface area contributed by atoms with Crippen molar-refractivity contribution in [1.29, 1.82) is 0 Å². The molecule has 0 bridgehead atoms. The molecule has 2 aromatic carbocycles. The molecule has 1 saturated heterocycles. The third-order valence-electron chi connectivity index (χ3n) is 5.05. The van der Waals surface area contributed by atoms with E-state index in [0.29, 0.717) is 16.3 Å². The van der Waals surface area contributed by atoms with Gasteiger partial charge in [-0.2, -0.15) is 16.9 Å². The lowest BCUT2D eigenvalue weighted by Crippen LogP contribution is -2.34. The van der Waals surface area contributed by atoms with Gasteiger partial charge in [0.05, 0.1) is 17.5 Å². The molecule has 29 heavy (non-hydrogen) atoms. The van der Waals surface area contributed by atoms with Crippen LogP contribution < -0.4 is 5.32 Å². The van der Waals surface area contributed by atoms with E-state index in [4.69, 9.17) is 11.6 Å². The highest BCUT2D eigenvalue weighted by Gasteiger charge is 2.16. The van der Waals surface area contributed by atoms with Crippen LogP contribution in [0.15, 0.2) is 54.7 Å². The number of hydrogen-bond donors (Lipinski definition) is 2. The van der Waals surface area contributed by atoms with Crippen molar-refractivity contribution in [1.82, 2.24) is 15.1 Å². The minimum absolute atomic E-state index is 0.192. The Labute approximate surface area is 179 Å². The van der Waals surface area contributed by atoms with Crippen LogP contribution in [-0.2, 0) is 6.42 Å². The highest BCUT2D eigenvalue weighted by atomic mass is 35.5. The summed E-state index contributed by atoms with van der Waals surface area (Å²) in [6, 6.07) is 15.4. The van der Waals surface area contributed by atoms with Crippen molar-refractivity contribution >= 4 is 35.0 Å². The van der Waals surface area contributed by atoms with Gasteiger partial charge in [-0.25, -0.2) is 0 Å². The van der Waals surface area contributed by atoms with Gasteiger partial charge in [0.15, 0.2) is 0 Å². The average Bonchev–Trinajstić information content (AvgIpc) is 3.25. The van der Waals surface area contributed by atoms with Crippen LogP contribution in [0.1, 0.15) is 15.9 Å². The number of hydrogen-bond acceptors (Lipinski definition) is 4. The summed E-state index contributed by atoms with van der Waals surface area (Å²) >= 11 is 7.99. The fourth-order valence-electron chi connectivity index (χ4n) is 3.36. The second kappa shape index (κ2) is 9.48.